The Balaban J connectivity index is 1.66. The van der Waals surface area contributed by atoms with E-state index < -0.39 is 11.8 Å². The molecule has 0 fully saturated rings. The fourth-order valence-electron chi connectivity index (χ4n) is 3.05. The van der Waals surface area contributed by atoms with Gasteiger partial charge in [-0.05, 0) is 58.0 Å². The molecule has 2 amide bonds. The van der Waals surface area contributed by atoms with Gasteiger partial charge in [0.2, 0.25) is 0 Å². The molecule has 6 nitrogen and oxygen atoms in total. The molecular weight excluding hydrogens is 364 g/mol. The Hall–Kier alpha value is -3.67. The van der Waals surface area contributed by atoms with Crippen LogP contribution in [0, 0.1) is 27.7 Å². The Morgan fingerprint density at radius 2 is 1.45 bits per heavy atom. The second-order valence-electron chi connectivity index (χ2n) is 7.02. The van der Waals surface area contributed by atoms with Crippen LogP contribution in [0.4, 0.5) is 5.69 Å². The summed E-state index contributed by atoms with van der Waals surface area (Å²) in [5.41, 5.74) is 9.07. The molecule has 0 unspecified atom stereocenters. The summed E-state index contributed by atoms with van der Waals surface area (Å²) in [5, 5.41) is 6.48. The zero-order chi connectivity index (χ0) is 21.0. The summed E-state index contributed by atoms with van der Waals surface area (Å²) in [6.07, 6.45) is 1.55. The molecule has 2 aromatic carbocycles. The fourth-order valence-corrected chi connectivity index (χ4v) is 3.05. The third kappa shape index (κ3) is 4.79. The van der Waals surface area contributed by atoms with Crippen LogP contribution >= 0.6 is 0 Å². The number of amides is 2. The van der Waals surface area contributed by atoms with Gasteiger partial charge in [0, 0.05) is 28.3 Å². The maximum atomic E-state index is 12.0. The maximum absolute atomic E-state index is 12.0. The lowest BCUT2D eigenvalue weighted by Crippen LogP contribution is -2.32. The van der Waals surface area contributed by atoms with Crippen molar-refractivity contribution in [2.45, 2.75) is 27.7 Å². The fraction of sp³-hybridized carbons (Fsp3) is 0.174. The van der Waals surface area contributed by atoms with E-state index in [1.165, 1.54) is 5.56 Å². The molecular formula is C23H24N4O2. The van der Waals surface area contributed by atoms with Crippen LogP contribution in [0.15, 0.2) is 59.7 Å². The van der Waals surface area contributed by atoms with Crippen molar-refractivity contribution in [3.8, 4) is 5.69 Å². The number of carbonyl (C=O) groups excluding carboxylic acids is 2. The number of hydrogen-bond acceptors (Lipinski definition) is 3. The largest absolute Gasteiger partial charge is 0.329 e. The molecule has 0 saturated heterocycles. The van der Waals surface area contributed by atoms with Crippen LogP contribution in [0.25, 0.3) is 5.69 Å². The first-order valence-electron chi connectivity index (χ1n) is 9.32. The predicted molar refractivity (Wildman–Crippen MR) is 116 cm³/mol. The molecule has 0 aliphatic carbocycles. The quantitative estimate of drug-likeness (QED) is 0.405. The Morgan fingerprint density at radius 3 is 2.07 bits per heavy atom. The van der Waals surface area contributed by atoms with Gasteiger partial charge in [-0.15, -0.1) is 0 Å². The predicted octanol–water partition coefficient (Wildman–Crippen LogP) is 3.80. The van der Waals surface area contributed by atoms with Gasteiger partial charge in [-0.2, -0.15) is 5.10 Å². The van der Waals surface area contributed by atoms with Crippen molar-refractivity contribution in [1.29, 1.82) is 0 Å². The van der Waals surface area contributed by atoms with E-state index in [2.05, 4.69) is 51.6 Å². The Bertz CT molecular complexity index is 1060. The van der Waals surface area contributed by atoms with Gasteiger partial charge in [0.15, 0.2) is 0 Å². The highest BCUT2D eigenvalue weighted by atomic mass is 16.2. The van der Waals surface area contributed by atoms with E-state index in [9.17, 15) is 9.59 Å². The molecule has 6 heteroatoms. The number of hydrogen-bond donors (Lipinski definition) is 2. The first kappa shape index (κ1) is 20.1. The van der Waals surface area contributed by atoms with Gasteiger partial charge in [-0.25, -0.2) is 5.43 Å². The van der Waals surface area contributed by atoms with Crippen LogP contribution < -0.4 is 10.7 Å². The average molecular weight is 388 g/mol. The van der Waals surface area contributed by atoms with Crippen LogP contribution in [-0.4, -0.2) is 22.6 Å². The van der Waals surface area contributed by atoms with E-state index in [-0.39, 0.29) is 0 Å². The molecule has 148 valence electrons. The monoisotopic (exact) mass is 388 g/mol. The van der Waals surface area contributed by atoms with Gasteiger partial charge in [0.25, 0.3) is 0 Å². The molecule has 0 bridgehead atoms. The Morgan fingerprint density at radius 1 is 0.862 bits per heavy atom. The minimum atomic E-state index is -0.825. The van der Waals surface area contributed by atoms with Crippen LogP contribution in [0.2, 0.25) is 0 Å². The summed E-state index contributed by atoms with van der Waals surface area (Å²) >= 11 is 0. The highest BCUT2D eigenvalue weighted by Gasteiger charge is 2.13. The number of carbonyl (C=O) groups is 2. The number of hydrazone groups is 1. The zero-order valence-corrected chi connectivity index (χ0v) is 17.0. The first-order chi connectivity index (χ1) is 13.8. The van der Waals surface area contributed by atoms with Crippen LogP contribution in [0.5, 0.6) is 0 Å². The van der Waals surface area contributed by atoms with Crippen LogP contribution in [0.1, 0.15) is 28.1 Å². The molecule has 0 radical (unpaired) electrons. The highest BCUT2D eigenvalue weighted by Crippen LogP contribution is 2.20. The van der Waals surface area contributed by atoms with Gasteiger partial charge in [-0.3, -0.25) is 9.59 Å². The lowest BCUT2D eigenvalue weighted by atomic mass is 10.2. The topological polar surface area (TPSA) is 75.5 Å². The molecule has 1 aromatic heterocycles. The van der Waals surface area contributed by atoms with Crippen molar-refractivity contribution >= 4 is 23.7 Å². The molecule has 3 aromatic rings. The number of benzene rings is 2. The van der Waals surface area contributed by atoms with E-state index >= 15 is 0 Å². The van der Waals surface area contributed by atoms with E-state index in [4.69, 9.17) is 0 Å². The summed E-state index contributed by atoms with van der Waals surface area (Å²) in [6, 6.07) is 17.4. The Labute approximate surface area is 170 Å². The zero-order valence-electron chi connectivity index (χ0n) is 17.0. The van der Waals surface area contributed by atoms with Crippen molar-refractivity contribution in [3.05, 3.63) is 82.7 Å². The number of anilines is 1. The van der Waals surface area contributed by atoms with Crippen molar-refractivity contribution in [3.63, 3.8) is 0 Å². The number of rotatable bonds is 4. The summed E-state index contributed by atoms with van der Waals surface area (Å²) < 4.78 is 2.12. The van der Waals surface area contributed by atoms with E-state index in [1.807, 2.05) is 39.0 Å². The van der Waals surface area contributed by atoms with E-state index in [0.717, 1.165) is 28.2 Å². The number of aromatic nitrogens is 1. The second kappa shape index (κ2) is 8.56. The summed E-state index contributed by atoms with van der Waals surface area (Å²) in [6.45, 7) is 8.00. The third-order valence-corrected chi connectivity index (χ3v) is 4.65. The van der Waals surface area contributed by atoms with Gasteiger partial charge in [0.1, 0.15) is 0 Å². The van der Waals surface area contributed by atoms with Gasteiger partial charge in [-0.1, -0.05) is 35.4 Å². The molecule has 29 heavy (non-hydrogen) atoms. The number of nitrogens with zero attached hydrogens (tertiary/aromatic N) is 2. The maximum Gasteiger partial charge on any atom is 0.329 e. The minimum Gasteiger partial charge on any atom is -0.318 e. The SMILES string of the molecule is Cc1ccc(NC(=O)C(=O)N/N=C\c2cc(C)n(-c3ccc(C)cc3)c2C)cc1. The van der Waals surface area contributed by atoms with Crippen molar-refractivity contribution in [2.24, 2.45) is 5.10 Å². The van der Waals surface area contributed by atoms with Crippen molar-refractivity contribution in [2.75, 3.05) is 5.32 Å². The molecule has 2 N–H and O–H groups in total. The van der Waals surface area contributed by atoms with Crippen molar-refractivity contribution in [1.82, 2.24) is 9.99 Å². The number of nitrogens with one attached hydrogen (secondary N) is 2. The average Bonchev–Trinajstić information content (AvgIpc) is 2.97. The van der Waals surface area contributed by atoms with Gasteiger partial charge >= 0.3 is 11.8 Å². The molecule has 0 spiro atoms. The Kier molecular flexibility index (Phi) is 5.93. The smallest absolute Gasteiger partial charge is 0.318 e. The summed E-state index contributed by atoms with van der Waals surface area (Å²) in [5.74, 6) is -1.59. The molecule has 0 atom stereocenters. The van der Waals surface area contributed by atoms with Crippen molar-refractivity contribution < 1.29 is 9.59 Å². The lowest BCUT2D eigenvalue weighted by Gasteiger charge is -2.09. The molecule has 0 aliphatic heterocycles. The van der Waals surface area contributed by atoms with Gasteiger partial charge < -0.3 is 9.88 Å². The normalized spacial score (nSPS) is 10.9. The summed E-state index contributed by atoms with van der Waals surface area (Å²) in [7, 11) is 0. The molecule has 3 rings (SSSR count). The lowest BCUT2D eigenvalue weighted by molar-refractivity contribution is -0.136. The second-order valence-corrected chi connectivity index (χ2v) is 7.02. The van der Waals surface area contributed by atoms with Gasteiger partial charge in [0.05, 0.1) is 6.21 Å². The molecule has 0 aliphatic rings. The molecule has 1 heterocycles. The highest BCUT2D eigenvalue weighted by molar-refractivity contribution is 6.39. The third-order valence-electron chi connectivity index (χ3n) is 4.65. The van der Waals surface area contributed by atoms with Crippen LogP contribution in [-0.2, 0) is 9.59 Å². The first-order valence-corrected chi connectivity index (χ1v) is 9.32. The van der Waals surface area contributed by atoms with E-state index in [0.29, 0.717) is 5.69 Å². The standard InChI is InChI=1S/C23H24N4O2/c1-15-5-9-20(10-6-15)25-22(28)23(29)26-24-14-19-13-17(3)27(18(19)4)21-11-7-16(2)8-12-21/h5-14H,1-4H3,(H,25,28)(H,26,29)/b24-14-. The van der Waals surface area contributed by atoms with E-state index in [1.54, 1.807) is 18.3 Å². The summed E-state index contributed by atoms with van der Waals surface area (Å²) in [4.78, 5) is 23.9. The molecule has 0 saturated carbocycles. The minimum absolute atomic E-state index is 0.557. The number of aryl methyl sites for hydroxylation is 3. The van der Waals surface area contributed by atoms with Crippen LogP contribution in [0.3, 0.4) is 0 Å².